The van der Waals surface area contributed by atoms with E-state index in [1.54, 1.807) is 36.4 Å². The van der Waals surface area contributed by atoms with E-state index < -0.39 is 18.5 Å². The molecule has 0 radical (unpaired) electrons. The highest BCUT2D eigenvalue weighted by Gasteiger charge is 2.13. The molecule has 0 bridgehead atoms. The number of Topliss-reactive ketones (excluding diaryl/α,β-unsaturated/α-hetero) is 1. The number of nitrogens with one attached hydrogen (secondary N) is 1. The molecular formula is C21H21Cl2NO5. The highest BCUT2D eigenvalue weighted by molar-refractivity contribution is 6.36. The third-order valence-electron chi connectivity index (χ3n) is 3.77. The molecule has 0 saturated heterocycles. The van der Waals surface area contributed by atoms with Crippen LogP contribution in [0.1, 0.15) is 36.5 Å². The third-order valence-corrected chi connectivity index (χ3v) is 4.32. The highest BCUT2D eigenvalue weighted by Crippen LogP contribution is 2.25. The number of halogens is 2. The van der Waals surface area contributed by atoms with E-state index in [-0.39, 0.29) is 23.6 Å². The van der Waals surface area contributed by atoms with Crippen molar-refractivity contribution in [1.82, 2.24) is 0 Å². The average molecular weight is 438 g/mol. The van der Waals surface area contributed by atoms with Gasteiger partial charge in [-0.25, -0.2) is 0 Å². The number of amides is 1. The largest absolute Gasteiger partial charge is 0.494 e. The van der Waals surface area contributed by atoms with E-state index in [1.165, 1.54) is 6.07 Å². The first-order valence-corrected chi connectivity index (χ1v) is 9.81. The third kappa shape index (κ3) is 7.75. The van der Waals surface area contributed by atoms with Crippen molar-refractivity contribution in [2.24, 2.45) is 0 Å². The number of hydrogen-bond donors (Lipinski definition) is 1. The zero-order valence-corrected chi connectivity index (χ0v) is 17.4. The van der Waals surface area contributed by atoms with Crippen LogP contribution in [0.3, 0.4) is 0 Å². The van der Waals surface area contributed by atoms with Gasteiger partial charge >= 0.3 is 5.97 Å². The molecule has 0 fully saturated rings. The maximum atomic E-state index is 12.2. The number of ether oxygens (including phenoxy) is 2. The number of anilines is 1. The maximum Gasteiger partial charge on any atom is 0.306 e. The van der Waals surface area contributed by atoms with Crippen LogP contribution in [-0.2, 0) is 14.3 Å². The minimum absolute atomic E-state index is 0.0152. The molecule has 0 aliphatic heterocycles. The standard InChI is InChI=1S/C21H21Cl2NO5/c1-2-11-28-16-6-3-14(4-7-16)19(25)9-10-21(27)29-13-20(26)24-18-8-5-15(22)12-17(18)23/h3-8,12H,2,9-11,13H2,1H3,(H,24,26). The molecule has 1 amide bonds. The Morgan fingerprint density at radius 3 is 2.38 bits per heavy atom. The Balaban J connectivity index is 1.73. The van der Waals surface area contributed by atoms with Crippen LogP contribution in [0.25, 0.3) is 0 Å². The summed E-state index contributed by atoms with van der Waals surface area (Å²) in [6.07, 6.45) is 0.758. The fourth-order valence-corrected chi connectivity index (χ4v) is 2.77. The zero-order chi connectivity index (χ0) is 21.2. The van der Waals surface area contributed by atoms with Crippen LogP contribution in [0.5, 0.6) is 5.75 Å². The molecule has 0 spiro atoms. The predicted molar refractivity (Wildman–Crippen MR) is 112 cm³/mol. The molecule has 2 rings (SSSR count). The number of rotatable bonds is 10. The van der Waals surface area contributed by atoms with Crippen molar-refractivity contribution in [2.75, 3.05) is 18.5 Å². The molecule has 6 nitrogen and oxygen atoms in total. The minimum atomic E-state index is -0.640. The fraction of sp³-hybridized carbons (Fsp3) is 0.286. The van der Waals surface area contributed by atoms with E-state index in [4.69, 9.17) is 32.7 Å². The van der Waals surface area contributed by atoms with Crippen molar-refractivity contribution in [2.45, 2.75) is 26.2 Å². The van der Waals surface area contributed by atoms with Gasteiger partial charge in [0.1, 0.15) is 5.75 Å². The lowest BCUT2D eigenvalue weighted by atomic mass is 10.1. The minimum Gasteiger partial charge on any atom is -0.494 e. The monoisotopic (exact) mass is 437 g/mol. The summed E-state index contributed by atoms with van der Waals surface area (Å²) >= 11 is 11.7. The van der Waals surface area contributed by atoms with Crippen LogP contribution in [0.15, 0.2) is 42.5 Å². The van der Waals surface area contributed by atoms with Gasteiger partial charge in [0, 0.05) is 17.0 Å². The van der Waals surface area contributed by atoms with Gasteiger partial charge in [-0.2, -0.15) is 0 Å². The Labute approximate surface area is 179 Å². The average Bonchev–Trinajstić information content (AvgIpc) is 2.71. The second kappa shape index (κ2) is 11.4. The molecule has 0 aliphatic carbocycles. The summed E-state index contributed by atoms with van der Waals surface area (Å²) in [5, 5.41) is 3.23. The summed E-state index contributed by atoms with van der Waals surface area (Å²) in [6, 6.07) is 11.3. The number of benzene rings is 2. The Kier molecular flexibility index (Phi) is 8.96. The second-order valence-electron chi connectivity index (χ2n) is 6.13. The molecule has 0 atom stereocenters. The smallest absolute Gasteiger partial charge is 0.306 e. The van der Waals surface area contributed by atoms with Gasteiger partial charge in [-0.3, -0.25) is 14.4 Å². The Morgan fingerprint density at radius 1 is 1.00 bits per heavy atom. The van der Waals surface area contributed by atoms with Crippen LogP contribution in [0, 0.1) is 0 Å². The summed E-state index contributed by atoms with van der Waals surface area (Å²) in [7, 11) is 0. The van der Waals surface area contributed by atoms with Crippen LogP contribution < -0.4 is 10.1 Å². The molecule has 0 aliphatic rings. The van der Waals surface area contributed by atoms with Gasteiger partial charge < -0.3 is 14.8 Å². The summed E-state index contributed by atoms with van der Waals surface area (Å²) < 4.78 is 10.4. The van der Waals surface area contributed by atoms with E-state index in [0.717, 1.165) is 6.42 Å². The molecule has 0 aromatic heterocycles. The van der Waals surface area contributed by atoms with Crippen molar-refractivity contribution >= 4 is 46.5 Å². The van der Waals surface area contributed by atoms with Crippen molar-refractivity contribution in [3.05, 3.63) is 58.1 Å². The first-order chi connectivity index (χ1) is 13.9. The quantitative estimate of drug-likeness (QED) is 0.420. The van der Waals surface area contributed by atoms with Crippen molar-refractivity contribution in [1.29, 1.82) is 0 Å². The zero-order valence-electron chi connectivity index (χ0n) is 15.9. The molecule has 154 valence electrons. The molecule has 2 aromatic carbocycles. The normalized spacial score (nSPS) is 10.3. The van der Waals surface area contributed by atoms with Gasteiger partial charge in [0.15, 0.2) is 12.4 Å². The van der Waals surface area contributed by atoms with Gasteiger partial charge in [-0.05, 0) is 48.9 Å². The first-order valence-electron chi connectivity index (χ1n) is 9.05. The maximum absolute atomic E-state index is 12.2. The van der Waals surface area contributed by atoms with Gasteiger partial charge in [0.05, 0.1) is 23.7 Å². The lowest BCUT2D eigenvalue weighted by Crippen LogP contribution is -2.21. The molecule has 2 aromatic rings. The van der Waals surface area contributed by atoms with Crippen LogP contribution in [0.2, 0.25) is 10.0 Å². The fourth-order valence-electron chi connectivity index (χ4n) is 2.31. The summed E-state index contributed by atoms with van der Waals surface area (Å²) in [6.45, 7) is 2.14. The highest BCUT2D eigenvalue weighted by atomic mass is 35.5. The molecular weight excluding hydrogens is 417 g/mol. The number of carbonyl (C=O) groups is 3. The number of hydrogen-bond acceptors (Lipinski definition) is 5. The summed E-state index contributed by atoms with van der Waals surface area (Å²) in [4.78, 5) is 35.8. The van der Waals surface area contributed by atoms with Gasteiger partial charge in [0.2, 0.25) is 0 Å². The van der Waals surface area contributed by atoms with E-state index in [1.807, 2.05) is 6.92 Å². The number of esters is 1. The molecule has 0 saturated carbocycles. The van der Waals surface area contributed by atoms with Gasteiger partial charge in [0.25, 0.3) is 5.91 Å². The molecule has 0 unspecified atom stereocenters. The Hall–Kier alpha value is -2.57. The Bertz CT molecular complexity index is 868. The van der Waals surface area contributed by atoms with Crippen LogP contribution in [0.4, 0.5) is 5.69 Å². The predicted octanol–water partition coefficient (Wildman–Crippen LogP) is 4.93. The van der Waals surface area contributed by atoms with E-state index >= 15 is 0 Å². The van der Waals surface area contributed by atoms with Gasteiger partial charge in [-0.15, -0.1) is 0 Å². The van der Waals surface area contributed by atoms with Crippen molar-refractivity contribution in [3.8, 4) is 5.75 Å². The van der Waals surface area contributed by atoms with Crippen LogP contribution >= 0.6 is 23.2 Å². The molecule has 1 N–H and O–H groups in total. The van der Waals surface area contributed by atoms with E-state index in [9.17, 15) is 14.4 Å². The number of carbonyl (C=O) groups excluding carboxylic acids is 3. The molecule has 8 heteroatoms. The second-order valence-corrected chi connectivity index (χ2v) is 6.97. The number of ketones is 1. The van der Waals surface area contributed by atoms with Gasteiger partial charge in [-0.1, -0.05) is 30.1 Å². The van der Waals surface area contributed by atoms with Crippen molar-refractivity contribution < 1.29 is 23.9 Å². The Morgan fingerprint density at radius 2 is 1.72 bits per heavy atom. The van der Waals surface area contributed by atoms with Crippen LogP contribution in [-0.4, -0.2) is 30.9 Å². The first kappa shape index (κ1) is 22.7. The van der Waals surface area contributed by atoms with E-state index in [0.29, 0.717) is 28.6 Å². The molecule has 0 heterocycles. The summed E-state index contributed by atoms with van der Waals surface area (Å²) in [5.74, 6) is -0.689. The lowest BCUT2D eigenvalue weighted by Gasteiger charge is -2.08. The topological polar surface area (TPSA) is 81.7 Å². The summed E-state index contributed by atoms with van der Waals surface area (Å²) in [5.41, 5.74) is 0.843. The molecule has 29 heavy (non-hydrogen) atoms. The van der Waals surface area contributed by atoms with Crippen molar-refractivity contribution in [3.63, 3.8) is 0 Å². The SMILES string of the molecule is CCCOc1ccc(C(=O)CCC(=O)OCC(=O)Nc2ccc(Cl)cc2Cl)cc1. The van der Waals surface area contributed by atoms with E-state index in [2.05, 4.69) is 5.32 Å². The lowest BCUT2D eigenvalue weighted by molar-refractivity contribution is -0.147.